The van der Waals surface area contributed by atoms with Crippen LogP contribution in [0.3, 0.4) is 0 Å². The standard InChI is InChI=1S/C25H23ClN2O4/c1-32-20-9-5-4-8-18(20)27-21(29)13-19(16-6-2-3-7-17(16)26)28-24(30)22-14-10-11-15(12-14)23(22)25(28)31/h2-11,14-15,19,22-23H,12-13H2,1H3,(H,27,29). The van der Waals surface area contributed by atoms with Crippen molar-refractivity contribution in [1.82, 2.24) is 4.90 Å². The molecule has 0 spiro atoms. The summed E-state index contributed by atoms with van der Waals surface area (Å²) in [5.74, 6) is -0.682. The van der Waals surface area contributed by atoms with Gasteiger partial charge in [-0.3, -0.25) is 19.3 Å². The van der Waals surface area contributed by atoms with Crippen LogP contribution in [0.5, 0.6) is 5.75 Å². The molecular formula is C25H23ClN2O4. The molecule has 6 nitrogen and oxygen atoms in total. The van der Waals surface area contributed by atoms with Crippen LogP contribution in [0.15, 0.2) is 60.7 Å². The second-order valence-corrected chi connectivity index (χ2v) is 8.94. The van der Waals surface area contributed by atoms with E-state index in [4.69, 9.17) is 16.3 Å². The second kappa shape index (κ2) is 8.10. The third-order valence-corrected chi connectivity index (χ3v) is 7.18. The number of para-hydroxylation sites is 2. The minimum atomic E-state index is -0.775. The van der Waals surface area contributed by atoms with Crippen LogP contribution in [0.4, 0.5) is 5.69 Å². The van der Waals surface area contributed by atoms with Crippen LogP contribution in [-0.2, 0) is 14.4 Å². The Labute approximate surface area is 191 Å². The number of allylic oxidation sites excluding steroid dienone is 2. The van der Waals surface area contributed by atoms with Crippen molar-refractivity contribution >= 4 is 35.0 Å². The maximum Gasteiger partial charge on any atom is 0.234 e. The van der Waals surface area contributed by atoms with Crippen LogP contribution >= 0.6 is 11.6 Å². The maximum atomic E-state index is 13.4. The van der Waals surface area contributed by atoms with Crippen molar-refractivity contribution in [1.29, 1.82) is 0 Å². The molecule has 5 atom stereocenters. The van der Waals surface area contributed by atoms with Crippen LogP contribution in [0.25, 0.3) is 0 Å². The van der Waals surface area contributed by atoms with E-state index in [1.54, 1.807) is 42.5 Å². The molecule has 2 fully saturated rings. The predicted molar refractivity (Wildman–Crippen MR) is 120 cm³/mol. The molecule has 0 aromatic heterocycles. The number of nitrogens with zero attached hydrogens (tertiary/aromatic N) is 1. The Hall–Kier alpha value is -3.12. The molecule has 164 valence electrons. The zero-order chi connectivity index (χ0) is 22.4. The molecule has 1 aliphatic heterocycles. The molecule has 5 unspecified atom stereocenters. The highest BCUT2D eigenvalue weighted by atomic mass is 35.5. The van der Waals surface area contributed by atoms with E-state index in [0.29, 0.717) is 22.0 Å². The van der Waals surface area contributed by atoms with E-state index in [1.807, 2.05) is 6.07 Å². The highest BCUT2D eigenvalue weighted by molar-refractivity contribution is 6.31. The molecule has 5 rings (SSSR count). The SMILES string of the molecule is COc1ccccc1NC(=O)CC(c1ccccc1Cl)N1C(=O)C2C3C=CC(C3)C2C1=O. The first-order valence-corrected chi connectivity index (χ1v) is 11.1. The van der Waals surface area contributed by atoms with Gasteiger partial charge < -0.3 is 10.1 Å². The first-order valence-electron chi connectivity index (χ1n) is 10.7. The topological polar surface area (TPSA) is 75.7 Å². The Balaban J connectivity index is 1.46. The Morgan fingerprint density at radius 2 is 1.69 bits per heavy atom. The lowest BCUT2D eigenvalue weighted by Gasteiger charge is -2.28. The van der Waals surface area contributed by atoms with Crippen molar-refractivity contribution in [3.8, 4) is 5.75 Å². The monoisotopic (exact) mass is 450 g/mol. The van der Waals surface area contributed by atoms with Gasteiger partial charge in [0.1, 0.15) is 5.75 Å². The number of amides is 3. The van der Waals surface area contributed by atoms with Crippen LogP contribution in [0, 0.1) is 23.7 Å². The number of hydrogen-bond donors (Lipinski definition) is 1. The zero-order valence-corrected chi connectivity index (χ0v) is 18.3. The van der Waals surface area contributed by atoms with Gasteiger partial charge in [-0.2, -0.15) is 0 Å². The molecule has 1 N–H and O–H groups in total. The summed E-state index contributed by atoms with van der Waals surface area (Å²) in [6, 6.07) is 13.4. The molecule has 2 bridgehead atoms. The fourth-order valence-electron chi connectivity index (χ4n) is 5.44. The summed E-state index contributed by atoms with van der Waals surface area (Å²) in [6.07, 6.45) is 4.87. The molecule has 0 radical (unpaired) electrons. The Kier molecular flexibility index (Phi) is 5.25. The van der Waals surface area contributed by atoms with Gasteiger partial charge in [0.15, 0.2) is 0 Å². The fourth-order valence-corrected chi connectivity index (χ4v) is 5.70. The van der Waals surface area contributed by atoms with E-state index in [0.717, 1.165) is 6.42 Å². The number of carbonyl (C=O) groups is 3. The van der Waals surface area contributed by atoms with Gasteiger partial charge in [0.2, 0.25) is 17.7 Å². The van der Waals surface area contributed by atoms with Crippen molar-refractivity contribution in [2.24, 2.45) is 23.7 Å². The number of benzene rings is 2. The number of likely N-dealkylation sites (tertiary alicyclic amines) is 1. The van der Waals surface area contributed by atoms with E-state index in [2.05, 4.69) is 17.5 Å². The van der Waals surface area contributed by atoms with Crippen LogP contribution in [0.2, 0.25) is 5.02 Å². The summed E-state index contributed by atoms with van der Waals surface area (Å²) in [5.41, 5.74) is 1.11. The largest absolute Gasteiger partial charge is 0.495 e. The molecule has 3 aliphatic rings. The smallest absolute Gasteiger partial charge is 0.234 e. The van der Waals surface area contributed by atoms with E-state index in [1.165, 1.54) is 12.0 Å². The number of hydrogen-bond acceptors (Lipinski definition) is 4. The lowest BCUT2D eigenvalue weighted by atomic mass is 9.85. The van der Waals surface area contributed by atoms with Crippen molar-refractivity contribution in [2.75, 3.05) is 12.4 Å². The second-order valence-electron chi connectivity index (χ2n) is 8.54. The molecule has 7 heteroatoms. The predicted octanol–water partition coefficient (Wildman–Crippen LogP) is 4.23. The third kappa shape index (κ3) is 3.30. The van der Waals surface area contributed by atoms with Crippen LogP contribution in [0.1, 0.15) is 24.4 Å². The van der Waals surface area contributed by atoms with Crippen molar-refractivity contribution < 1.29 is 19.1 Å². The molecule has 32 heavy (non-hydrogen) atoms. The van der Waals surface area contributed by atoms with Gasteiger partial charge in [-0.05, 0) is 42.0 Å². The number of ether oxygens (including phenoxy) is 1. The van der Waals surface area contributed by atoms with Crippen molar-refractivity contribution in [3.63, 3.8) is 0 Å². The minimum absolute atomic E-state index is 0.0958. The van der Waals surface area contributed by atoms with Gasteiger partial charge in [-0.15, -0.1) is 0 Å². The number of nitrogens with one attached hydrogen (secondary N) is 1. The summed E-state index contributed by atoms with van der Waals surface area (Å²) in [6.45, 7) is 0. The molecular weight excluding hydrogens is 428 g/mol. The number of methoxy groups -OCH3 is 1. The number of imide groups is 1. The first-order chi connectivity index (χ1) is 15.5. The highest BCUT2D eigenvalue weighted by Gasteiger charge is 2.60. The van der Waals surface area contributed by atoms with E-state index in [9.17, 15) is 14.4 Å². The molecule has 2 aromatic rings. The van der Waals surface area contributed by atoms with Gasteiger partial charge >= 0.3 is 0 Å². The number of carbonyl (C=O) groups excluding carboxylic acids is 3. The van der Waals surface area contributed by atoms with E-state index >= 15 is 0 Å². The van der Waals surface area contributed by atoms with Crippen molar-refractivity contribution in [3.05, 3.63) is 71.3 Å². The van der Waals surface area contributed by atoms with Gasteiger partial charge in [-0.1, -0.05) is 54.1 Å². The quantitative estimate of drug-likeness (QED) is 0.528. The molecule has 3 amide bonds. The summed E-state index contributed by atoms with van der Waals surface area (Å²) >= 11 is 6.46. The lowest BCUT2D eigenvalue weighted by molar-refractivity contribution is -0.144. The summed E-state index contributed by atoms with van der Waals surface area (Å²) in [7, 11) is 1.53. The number of rotatable bonds is 6. The molecule has 1 saturated carbocycles. The molecule has 1 heterocycles. The average molecular weight is 451 g/mol. The summed E-state index contributed by atoms with van der Waals surface area (Å²) in [4.78, 5) is 41.2. The lowest BCUT2D eigenvalue weighted by Crippen LogP contribution is -2.38. The Morgan fingerprint density at radius 3 is 2.34 bits per heavy atom. The number of fused-ring (bicyclic) bond motifs is 5. The zero-order valence-electron chi connectivity index (χ0n) is 17.5. The molecule has 1 saturated heterocycles. The van der Waals surface area contributed by atoms with Gasteiger partial charge in [0, 0.05) is 5.02 Å². The summed E-state index contributed by atoms with van der Waals surface area (Å²) in [5, 5.41) is 3.26. The van der Waals surface area contributed by atoms with Gasteiger partial charge in [0.25, 0.3) is 0 Å². The Bertz CT molecular complexity index is 1100. The highest BCUT2D eigenvalue weighted by Crippen LogP contribution is 2.54. The fraction of sp³-hybridized carbons (Fsp3) is 0.320. The van der Waals surface area contributed by atoms with Crippen LogP contribution < -0.4 is 10.1 Å². The summed E-state index contributed by atoms with van der Waals surface area (Å²) < 4.78 is 5.31. The van der Waals surface area contributed by atoms with Gasteiger partial charge in [-0.25, -0.2) is 0 Å². The molecule has 2 aromatic carbocycles. The first kappa shape index (κ1) is 20.8. The number of anilines is 1. The van der Waals surface area contributed by atoms with E-state index < -0.39 is 6.04 Å². The average Bonchev–Trinajstić information content (AvgIpc) is 3.47. The normalized spacial score (nSPS) is 26.4. The van der Waals surface area contributed by atoms with Gasteiger partial charge in [0.05, 0.1) is 37.1 Å². The Morgan fingerprint density at radius 1 is 1.06 bits per heavy atom. The maximum absolute atomic E-state index is 13.4. The molecule has 2 aliphatic carbocycles. The van der Waals surface area contributed by atoms with Crippen molar-refractivity contribution in [2.45, 2.75) is 18.9 Å². The van der Waals surface area contributed by atoms with Crippen LogP contribution in [-0.4, -0.2) is 29.7 Å². The third-order valence-electron chi connectivity index (χ3n) is 6.84. The number of halogens is 1. The van der Waals surface area contributed by atoms with E-state index in [-0.39, 0.29) is 47.8 Å². The minimum Gasteiger partial charge on any atom is -0.495 e.